The molecule has 0 saturated heterocycles. The molecule has 0 aliphatic rings. The van der Waals surface area contributed by atoms with Crippen molar-refractivity contribution >= 4 is 62.3 Å². The molecule has 0 aromatic heterocycles. The molecule has 0 heterocycles. The summed E-state index contributed by atoms with van der Waals surface area (Å²) < 4.78 is 28.8. The molecule has 0 aliphatic carbocycles. The van der Waals surface area contributed by atoms with Crippen molar-refractivity contribution in [2.24, 2.45) is 0 Å². The largest absolute Gasteiger partial charge is 0.350 e. The van der Waals surface area contributed by atoms with E-state index in [4.69, 9.17) is 34.8 Å². The Morgan fingerprint density at radius 3 is 2.05 bits per heavy atom. The Balaban J connectivity index is 2.08. The second-order valence-corrected chi connectivity index (χ2v) is 13.6. The first kappa shape index (κ1) is 31.7. The Morgan fingerprint density at radius 1 is 0.925 bits per heavy atom. The summed E-state index contributed by atoms with van der Waals surface area (Å²) in [5.41, 5.74) is 0.982. The zero-order chi connectivity index (χ0) is 29.8. The van der Waals surface area contributed by atoms with Gasteiger partial charge in [0.25, 0.3) is 10.0 Å². The van der Waals surface area contributed by atoms with Gasteiger partial charge in [-0.15, -0.1) is 0 Å². The Bertz CT molecular complexity index is 1470. The molecule has 0 spiro atoms. The second kappa shape index (κ2) is 12.8. The van der Waals surface area contributed by atoms with E-state index in [-0.39, 0.29) is 11.4 Å². The molecule has 3 rings (SSSR count). The molecule has 3 aromatic carbocycles. The van der Waals surface area contributed by atoms with Crippen molar-refractivity contribution in [1.29, 1.82) is 0 Å². The number of sulfonamides is 1. The lowest BCUT2D eigenvalue weighted by Gasteiger charge is -2.34. The lowest BCUT2D eigenvalue weighted by Crippen LogP contribution is -2.54. The molecular weight excluding hydrogens is 593 g/mol. The van der Waals surface area contributed by atoms with Crippen molar-refractivity contribution in [2.45, 2.75) is 57.6 Å². The fraction of sp³-hybridized carbons (Fsp3) is 0.310. The maximum absolute atomic E-state index is 14.0. The summed E-state index contributed by atoms with van der Waals surface area (Å²) in [6.07, 6.45) is 0. The summed E-state index contributed by atoms with van der Waals surface area (Å²) in [6.45, 7) is 8.19. The Morgan fingerprint density at radius 2 is 1.50 bits per heavy atom. The molecule has 1 N–H and O–H groups in total. The molecule has 3 aromatic rings. The van der Waals surface area contributed by atoms with Gasteiger partial charge in [-0.05, 0) is 88.7 Å². The number of amides is 2. The van der Waals surface area contributed by atoms with Gasteiger partial charge >= 0.3 is 0 Å². The highest BCUT2D eigenvalue weighted by atomic mass is 35.5. The van der Waals surface area contributed by atoms with E-state index >= 15 is 0 Å². The molecule has 0 aliphatic heterocycles. The molecule has 0 unspecified atom stereocenters. The fourth-order valence-electron chi connectivity index (χ4n) is 3.96. The lowest BCUT2D eigenvalue weighted by atomic mass is 10.1. The van der Waals surface area contributed by atoms with Gasteiger partial charge in [-0.2, -0.15) is 0 Å². The second-order valence-electron chi connectivity index (χ2n) is 10.4. The summed E-state index contributed by atoms with van der Waals surface area (Å²) in [7, 11) is -4.21. The third-order valence-electron chi connectivity index (χ3n) is 6.03. The van der Waals surface area contributed by atoms with E-state index in [0.717, 1.165) is 9.87 Å². The maximum Gasteiger partial charge on any atom is 0.264 e. The van der Waals surface area contributed by atoms with Gasteiger partial charge in [0.1, 0.15) is 12.6 Å². The van der Waals surface area contributed by atoms with Crippen molar-refractivity contribution in [3.8, 4) is 0 Å². The smallest absolute Gasteiger partial charge is 0.264 e. The summed E-state index contributed by atoms with van der Waals surface area (Å²) in [6, 6.07) is 16.5. The van der Waals surface area contributed by atoms with Crippen LogP contribution in [0.3, 0.4) is 0 Å². The van der Waals surface area contributed by atoms with Crippen molar-refractivity contribution in [3.63, 3.8) is 0 Å². The number of rotatable bonds is 9. The van der Waals surface area contributed by atoms with E-state index in [1.165, 1.54) is 29.2 Å². The predicted octanol–water partition coefficient (Wildman–Crippen LogP) is 6.48. The molecule has 0 bridgehead atoms. The van der Waals surface area contributed by atoms with Gasteiger partial charge < -0.3 is 10.2 Å². The standard InChI is InChI=1S/C29H32Cl3N3O4S/c1-19-8-6-9-22(16-19)35(40(38,39)23-14-12-21(30)13-15-23)18-27(36)34(20(2)28(37)33-29(3,4)5)17-24-25(31)10-7-11-26(24)32/h6-16,20H,17-18H2,1-5H3,(H,33,37)/t20-/m0/s1. The highest BCUT2D eigenvalue weighted by molar-refractivity contribution is 7.92. The summed E-state index contributed by atoms with van der Waals surface area (Å²) in [4.78, 5) is 28.5. The van der Waals surface area contributed by atoms with Crippen molar-refractivity contribution < 1.29 is 18.0 Å². The highest BCUT2D eigenvalue weighted by Gasteiger charge is 2.34. The molecule has 7 nitrogen and oxygen atoms in total. The first-order chi connectivity index (χ1) is 18.6. The van der Waals surface area contributed by atoms with Crippen LogP contribution in [0.2, 0.25) is 15.1 Å². The number of aryl methyl sites for hydroxylation is 1. The molecule has 1 atom stereocenters. The number of hydrogen-bond acceptors (Lipinski definition) is 4. The number of carbonyl (C=O) groups excluding carboxylic acids is 2. The summed E-state index contributed by atoms with van der Waals surface area (Å²) in [5, 5.41) is 3.89. The van der Waals surface area contributed by atoms with Gasteiger partial charge in [0, 0.05) is 32.7 Å². The van der Waals surface area contributed by atoms with Crippen LogP contribution >= 0.6 is 34.8 Å². The van der Waals surface area contributed by atoms with Crippen LogP contribution in [0.5, 0.6) is 0 Å². The molecule has 0 fully saturated rings. The Hall–Kier alpha value is -2.78. The van der Waals surface area contributed by atoms with E-state index in [2.05, 4.69) is 5.32 Å². The fourth-order valence-corrected chi connectivity index (χ4v) is 6.00. The lowest BCUT2D eigenvalue weighted by molar-refractivity contribution is -0.140. The molecular formula is C29H32Cl3N3O4S. The number of halogens is 3. The average Bonchev–Trinajstić information content (AvgIpc) is 2.85. The predicted molar refractivity (Wildman–Crippen MR) is 162 cm³/mol. The summed E-state index contributed by atoms with van der Waals surface area (Å²) in [5.74, 6) is -1.03. The highest BCUT2D eigenvalue weighted by Crippen LogP contribution is 2.29. The van der Waals surface area contributed by atoms with Gasteiger partial charge in [-0.1, -0.05) is 53.0 Å². The Labute approximate surface area is 251 Å². The van der Waals surface area contributed by atoms with Gasteiger partial charge in [0.15, 0.2) is 0 Å². The number of nitrogens with one attached hydrogen (secondary N) is 1. The van der Waals surface area contributed by atoms with E-state index in [1.807, 2.05) is 33.8 Å². The zero-order valence-electron chi connectivity index (χ0n) is 22.9. The molecule has 0 radical (unpaired) electrons. The quantitative estimate of drug-likeness (QED) is 0.295. The third kappa shape index (κ3) is 7.91. The average molecular weight is 625 g/mol. The minimum Gasteiger partial charge on any atom is -0.350 e. The van der Waals surface area contributed by atoms with Gasteiger partial charge in [-0.25, -0.2) is 8.42 Å². The van der Waals surface area contributed by atoms with Crippen LogP contribution in [0, 0.1) is 6.92 Å². The van der Waals surface area contributed by atoms with Crippen LogP contribution in [-0.4, -0.2) is 43.3 Å². The van der Waals surface area contributed by atoms with Crippen molar-refractivity contribution in [3.05, 3.63) is 92.9 Å². The topological polar surface area (TPSA) is 86.8 Å². The minimum atomic E-state index is -4.21. The van der Waals surface area contributed by atoms with Crippen LogP contribution in [0.15, 0.2) is 71.6 Å². The van der Waals surface area contributed by atoms with E-state index in [9.17, 15) is 18.0 Å². The van der Waals surface area contributed by atoms with Crippen LogP contribution in [0.25, 0.3) is 0 Å². The Kier molecular flexibility index (Phi) is 10.2. The monoisotopic (exact) mass is 623 g/mol. The SMILES string of the molecule is Cc1cccc(N(CC(=O)N(Cc2c(Cl)cccc2Cl)[C@@H](C)C(=O)NC(C)(C)C)S(=O)(=O)c2ccc(Cl)cc2)c1. The molecule has 2 amide bonds. The third-order valence-corrected chi connectivity index (χ3v) is 8.77. The van der Waals surface area contributed by atoms with Crippen LogP contribution in [0.1, 0.15) is 38.8 Å². The van der Waals surface area contributed by atoms with E-state index < -0.39 is 40.0 Å². The van der Waals surface area contributed by atoms with Gasteiger partial charge in [0.05, 0.1) is 10.6 Å². The van der Waals surface area contributed by atoms with Crippen LogP contribution in [0.4, 0.5) is 5.69 Å². The number of anilines is 1. The van der Waals surface area contributed by atoms with Crippen molar-refractivity contribution in [1.82, 2.24) is 10.2 Å². The van der Waals surface area contributed by atoms with E-state index in [1.54, 1.807) is 43.3 Å². The van der Waals surface area contributed by atoms with Crippen LogP contribution < -0.4 is 9.62 Å². The zero-order valence-corrected chi connectivity index (χ0v) is 26.0. The summed E-state index contributed by atoms with van der Waals surface area (Å²) >= 11 is 18.8. The van der Waals surface area contributed by atoms with E-state index in [0.29, 0.717) is 26.3 Å². The van der Waals surface area contributed by atoms with Gasteiger partial charge in [-0.3, -0.25) is 13.9 Å². The number of hydrogen-bond donors (Lipinski definition) is 1. The molecule has 40 heavy (non-hydrogen) atoms. The van der Waals surface area contributed by atoms with Gasteiger partial charge in [0.2, 0.25) is 11.8 Å². The number of benzene rings is 3. The van der Waals surface area contributed by atoms with Crippen molar-refractivity contribution in [2.75, 3.05) is 10.8 Å². The maximum atomic E-state index is 14.0. The first-order valence-corrected chi connectivity index (χ1v) is 15.1. The first-order valence-electron chi connectivity index (χ1n) is 12.5. The van der Waals surface area contributed by atoms with Crippen LogP contribution in [-0.2, 0) is 26.2 Å². The molecule has 11 heteroatoms. The normalized spacial score (nSPS) is 12.5. The minimum absolute atomic E-state index is 0.0366. The number of nitrogens with zero attached hydrogens (tertiary/aromatic N) is 2. The number of carbonyl (C=O) groups is 2. The molecule has 0 saturated carbocycles. The molecule has 214 valence electrons.